The van der Waals surface area contributed by atoms with Gasteiger partial charge in [0.15, 0.2) is 0 Å². The number of likely N-dealkylation sites (tertiary alicyclic amines) is 1. The van der Waals surface area contributed by atoms with E-state index in [1.807, 2.05) is 0 Å². The van der Waals surface area contributed by atoms with Crippen molar-refractivity contribution in [3.63, 3.8) is 0 Å². The summed E-state index contributed by atoms with van der Waals surface area (Å²) in [6.07, 6.45) is 1.08. The Hall–Kier alpha value is -1.35. The van der Waals surface area contributed by atoms with Crippen LogP contribution in [0.3, 0.4) is 0 Å². The van der Waals surface area contributed by atoms with Crippen molar-refractivity contribution in [1.29, 1.82) is 0 Å². The largest absolute Gasteiger partial charge is 0.327 e. The van der Waals surface area contributed by atoms with E-state index in [4.69, 9.17) is 5.73 Å². The van der Waals surface area contributed by atoms with Crippen LogP contribution in [0.2, 0.25) is 0 Å². The third kappa shape index (κ3) is 2.59. The van der Waals surface area contributed by atoms with E-state index in [-0.39, 0.29) is 17.8 Å². The first kappa shape index (κ1) is 16.5. The summed E-state index contributed by atoms with van der Waals surface area (Å²) in [5.41, 5.74) is 12.2. The Balaban J connectivity index is 0.00000156. The summed E-state index contributed by atoms with van der Waals surface area (Å²) in [7, 11) is 0. The van der Waals surface area contributed by atoms with E-state index in [2.05, 4.69) is 67.3 Å². The molecule has 1 fully saturated rings. The van der Waals surface area contributed by atoms with Crippen LogP contribution in [-0.4, -0.2) is 24.0 Å². The normalized spacial score (nSPS) is 23.0. The van der Waals surface area contributed by atoms with Gasteiger partial charge < -0.3 is 5.73 Å². The maximum atomic E-state index is 6.34. The fourth-order valence-electron chi connectivity index (χ4n) is 4.16. The second-order valence-corrected chi connectivity index (χ2v) is 7.43. The molecule has 0 bridgehead atoms. The number of nitrogens with zero attached hydrogens (tertiary/aromatic N) is 1. The molecule has 1 atom stereocenters. The number of halogens is 1. The molecule has 0 aromatic heterocycles. The Morgan fingerprint density at radius 2 is 1.48 bits per heavy atom. The molecular weight excluding hydrogens is 304 g/mol. The third-order valence-corrected chi connectivity index (χ3v) is 5.51. The minimum absolute atomic E-state index is 0. The molecule has 2 N–H and O–H groups in total. The van der Waals surface area contributed by atoms with Crippen molar-refractivity contribution in [3.8, 4) is 11.1 Å². The first-order chi connectivity index (χ1) is 10.6. The lowest BCUT2D eigenvalue weighted by molar-refractivity contribution is 0.0743. The quantitative estimate of drug-likeness (QED) is 0.848. The summed E-state index contributed by atoms with van der Waals surface area (Å²) in [4.78, 5) is 2.63. The van der Waals surface area contributed by atoms with Gasteiger partial charge in [-0.3, -0.25) is 4.90 Å². The summed E-state index contributed by atoms with van der Waals surface area (Å²) in [5.74, 6) is 0. The van der Waals surface area contributed by atoms with E-state index in [0.717, 1.165) is 19.5 Å². The predicted molar refractivity (Wildman–Crippen MR) is 98.9 cm³/mol. The zero-order valence-electron chi connectivity index (χ0n) is 13.8. The average molecular weight is 329 g/mol. The van der Waals surface area contributed by atoms with Crippen molar-refractivity contribution in [2.75, 3.05) is 13.1 Å². The highest BCUT2D eigenvalue weighted by molar-refractivity contribution is 5.85. The highest BCUT2D eigenvalue weighted by Gasteiger charge is 2.40. The summed E-state index contributed by atoms with van der Waals surface area (Å²) in [5, 5.41) is 0. The van der Waals surface area contributed by atoms with Gasteiger partial charge in [0.25, 0.3) is 0 Å². The maximum absolute atomic E-state index is 6.34. The lowest BCUT2D eigenvalue weighted by Gasteiger charge is -2.45. The van der Waals surface area contributed by atoms with Gasteiger partial charge in [-0.2, -0.15) is 0 Å². The van der Waals surface area contributed by atoms with Gasteiger partial charge in [0.1, 0.15) is 0 Å². The van der Waals surface area contributed by atoms with Crippen molar-refractivity contribution in [1.82, 2.24) is 4.90 Å². The molecule has 1 saturated heterocycles. The van der Waals surface area contributed by atoms with Crippen LogP contribution in [0, 0.1) is 5.41 Å². The highest BCUT2D eigenvalue weighted by atomic mass is 35.5. The van der Waals surface area contributed by atoms with E-state index in [1.54, 1.807) is 0 Å². The first-order valence-corrected chi connectivity index (χ1v) is 8.26. The van der Waals surface area contributed by atoms with Gasteiger partial charge in [-0.25, -0.2) is 0 Å². The molecule has 122 valence electrons. The predicted octanol–water partition coefficient (Wildman–Crippen LogP) is 4.24. The number of nitrogens with two attached hydrogens (primary N) is 1. The first-order valence-electron chi connectivity index (χ1n) is 8.26. The zero-order chi connectivity index (χ0) is 15.3. The number of fused-ring (bicyclic) bond motifs is 3. The molecule has 1 heterocycles. The van der Waals surface area contributed by atoms with Crippen LogP contribution in [0.1, 0.15) is 37.4 Å². The molecule has 23 heavy (non-hydrogen) atoms. The summed E-state index contributed by atoms with van der Waals surface area (Å²) in [6, 6.07) is 18.4. The van der Waals surface area contributed by atoms with Crippen LogP contribution < -0.4 is 5.73 Å². The molecule has 2 aliphatic rings. The molecule has 1 aliphatic heterocycles. The molecule has 0 saturated carbocycles. The smallest absolute Gasteiger partial charge is 0.0614 e. The minimum atomic E-state index is 0. The fourth-order valence-corrected chi connectivity index (χ4v) is 4.16. The Labute approximate surface area is 145 Å². The SMILES string of the molecule is CC1(C)CN(C2c3ccccc3-c3ccccc32)CCC1N.Cl. The molecule has 0 amide bonds. The average Bonchev–Trinajstić information content (AvgIpc) is 2.85. The standard InChI is InChI=1S/C20H24N2.ClH/c1-20(2)13-22(12-11-18(20)21)19-16-9-5-3-7-14(16)15-8-4-6-10-17(15)19;/h3-10,18-19H,11-13,21H2,1-2H3;1H. The van der Waals surface area contributed by atoms with Crippen LogP contribution in [0.4, 0.5) is 0 Å². The van der Waals surface area contributed by atoms with Crippen LogP contribution in [0.25, 0.3) is 11.1 Å². The molecule has 0 spiro atoms. The van der Waals surface area contributed by atoms with Crippen LogP contribution >= 0.6 is 12.4 Å². The van der Waals surface area contributed by atoms with Crippen molar-refractivity contribution < 1.29 is 0 Å². The van der Waals surface area contributed by atoms with Gasteiger partial charge >= 0.3 is 0 Å². The second kappa shape index (κ2) is 5.94. The van der Waals surface area contributed by atoms with Gasteiger partial charge in [0.2, 0.25) is 0 Å². The minimum Gasteiger partial charge on any atom is -0.327 e. The molecule has 1 unspecified atom stereocenters. The number of piperidine rings is 1. The fraction of sp³-hybridized carbons (Fsp3) is 0.400. The van der Waals surface area contributed by atoms with Crippen molar-refractivity contribution in [3.05, 3.63) is 59.7 Å². The molecule has 4 rings (SSSR count). The lowest BCUT2D eigenvalue weighted by atomic mass is 9.78. The van der Waals surface area contributed by atoms with Crippen molar-refractivity contribution in [2.45, 2.75) is 32.4 Å². The van der Waals surface area contributed by atoms with Crippen LogP contribution in [0.5, 0.6) is 0 Å². The number of hydrogen-bond donors (Lipinski definition) is 1. The monoisotopic (exact) mass is 328 g/mol. The van der Waals surface area contributed by atoms with E-state index in [1.165, 1.54) is 22.3 Å². The van der Waals surface area contributed by atoms with Gasteiger partial charge in [-0.15, -0.1) is 12.4 Å². The molecule has 2 aromatic carbocycles. The lowest BCUT2D eigenvalue weighted by Crippen LogP contribution is -2.53. The topological polar surface area (TPSA) is 29.3 Å². The Morgan fingerprint density at radius 1 is 0.957 bits per heavy atom. The van der Waals surface area contributed by atoms with Gasteiger partial charge in [-0.1, -0.05) is 62.4 Å². The van der Waals surface area contributed by atoms with E-state index in [9.17, 15) is 0 Å². The highest BCUT2D eigenvalue weighted by Crippen LogP contribution is 2.47. The molecule has 0 radical (unpaired) electrons. The summed E-state index contributed by atoms with van der Waals surface area (Å²) < 4.78 is 0. The van der Waals surface area contributed by atoms with Crippen LogP contribution in [-0.2, 0) is 0 Å². The van der Waals surface area contributed by atoms with Gasteiger partial charge in [-0.05, 0) is 34.1 Å². The van der Waals surface area contributed by atoms with Crippen molar-refractivity contribution >= 4 is 12.4 Å². The van der Waals surface area contributed by atoms with E-state index < -0.39 is 0 Å². The molecule has 2 nitrogen and oxygen atoms in total. The van der Waals surface area contributed by atoms with E-state index in [0.29, 0.717) is 12.1 Å². The van der Waals surface area contributed by atoms with Crippen LogP contribution in [0.15, 0.2) is 48.5 Å². The summed E-state index contributed by atoms with van der Waals surface area (Å²) in [6.45, 7) is 6.74. The zero-order valence-corrected chi connectivity index (χ0v) is 14.6. The third-order valence-electron chi connectivity index (χ3n) is 5.51. The number of benzene rings is 2. The Bertz CT molecular complexity index is 665. The van der Waals surface area contributed by atoms with Gasteiger partial charge in [0.05, 0.1) is 6.04 Å². The molecule has 3 heteroatoms. The van der Waals surface area contributed by atoms with Gasteiger partial charge in [0, 0.05) is 19.1 Å². The maximum Gasteiger partial charge on any atom is 0.0614 e. The second-order valence-electron chi connectivity index (χ2n) is 7.43. The van der Waals surface area contributed by atoms with Crippen molar-refractivity contribution in [2.24, 2.45) is 11.1 Å². The molecule has 1 aliphatic carbocycles. The number of hydrogen-bond acceptors (Lipinski definition) is 2. The molecular formula is C20H25ClN2. The molecule has 2 aromatic rings. The Kier molecular flexibility index (Phi) is 4.26. The Morgan fingerprint density at radius 3 is 2.00 bits per heavy atom. The van der Waals surface area contributed by atoms with E-state index >= 15 is 0 Å². The summed E-state index contributed by atoms with van der Waals surface area (Å²) >= 11 is 0. The number of rotatable bonds is 1.